The number of hydrogen-bond donors (Lipinski definition) is 2. The molecule has 1 amide bonds. The van der Waals surface area contributed by atoms with E-state index in [-0.39, 0.29) is 5.91 Å². The zero-order valence-electron chi connectivity index (χ0n) is 10.4. The van der Waals surface area contributed by atoms with Crippen LogP contribution in [0.15, 0.2) is 28.6 Å². The second kappa shape index (κ2) is 8.12. The van der Waals surface area contributed by atoms with Gasteiger partial charge in [0.15, 0.2) is 0 Å². The number of carbonyl (C=O) groups is 2. The molecule has 0 spiro atoms. The Labute approximate surface area is 124 Å². The van der Waals surface area contributed by atoms with Crippen molar-refractivity contribution in [3.05, 3.63) is 33.5 Å². The molecular formula is C13H16BrNO3S. The number of amides is 1. The number of allylic oxidation sites excluding steroid dienone is 1. The van der Waals surface area contributed by atoms with Crippen molar-refractivity contribution in [2.75, 3.05) is 0 Å². The lowest BCUT2D eigenvalue weighted by atomic mass is 10.1. The van der Waals surface area contributed by atoms with Crippen LogP contribution >= 0.6 is 27.3 Å². The van der Waals surface area contributed by atoms with Crippen molar-refractivity contribution in [2.24, 2.45) is 0 Å². The molecule has 0 saturated carbocycles. The predicted octanol–water partition coefficient (Wildman–Crippen LogP) is 2.98. The molecule has 19 heavy (non-hydrogen) atoms. The number of halogens is 1. The number of carboxylic acids is 1. The first-order valence-electron chi connectivity index (χ1n) is 5.89. The number of aryl methyl sites for hydroxylation is 1. The first kappa shape index (κ1) is 15.9. The number of rotatable bonds is 8. The minimum absolute atomic E-state index is 0.235. The van der Waals surface area contributed by atoms with Crippen molar-refractivity contribution in [1.29, 1.82) is 0 Å². The molecule has 6 heteroatoms. The van der Waals surface area contributed by atoms with Gasteiger partial charge >= 0.3 is 5.97 Å². The normalized spacial score (nSPS) is 11.8. The number of carboxylic acid groups (broad SMARTS) is 1. The molecule has 0 aliphatic heterocycles. The second-order valence-corrected chi connectivity index (χ2v) is 5.97. The summed E-state index contributed by atoms with van der Waals surface area (Å²) in [7, 11) is 0. The van der Waals surface area contributed by atoms with Crippen LogP contribution in [0.3, 0.4) is 0 Å². The van der Waals surface area contributed by atoms with E-state index < -0.39 is 12.0 Å². The van der Waals surface area contributed by atoms with Gasteiger partial charge in [-0.2, -0.15) is 0 Å². The van der Waals surface area contributed by atoms with E-state index in [2.05, 4.69) is 27.8 Å². The highest BCUT2D eigenvalue weighted by Gasteiger charge is 2.18. The van der Waals surface area contributed by atoms with E-state index in [1.165, 1.54) is 0 Å². The van der Waals surface area contributed by atoms with Gasteiger partial charge in [0.25, 0.3) is 0 Å². The largest absolute Gasteiger partial charge is 0.480 e. The molecule has 1 aromatic heterocycles. The molecule has 1 atom stereocenters. The van der Waals surface area contributed by atoms with Gasteiger partial charge in [-0.15, -0.1) is 17.9 Å². The highest BCUT2D eigenvalue weighted by atomic mass is 79.9. The Balaban J connectivity index is 2.39. The molecule has 1 rings (SSSR count). The average molecular weight is 346 g/mol. The van der Waals surface area contributed by atoms with E-state index in [1.807, 2.05) is 11.4 Å². The molecule has 0 bridgehead atoms. The van der Waals surface area contributed by atoms with Crippen LogP contribution in [0.25, 0.3) is 0 Å². The highest BCUT2D eigenvalue weighted by Crippen LogP contribution is 2.20. The molecule has 0 radical (unpaired) electrons. The van der Waals surface area contributed by atoms with Crippen LogP contribution in [0, 0.1) is 0 Å². The lowest BCUT2D eigenvalue weighted by molar-refractivity contribution is -0.142. The third kappa shape index (κ3) is 6.02. The van der Waals surface area contributed by atoms with Gasteiger partial charge in [-0.25, -0.2) is 4.79 Å². The molecule has 4 nitrogen and oxygen atoms in total. The number of thiophene rings is 1. The Kier molecular flexibility index (Phi) is 6.80. The summed E-state index contributed by atoms with van der Waals surface area (Å²) in [5.41, 5.74) is 0. The third-order valence-electron chi connectivity index (χ3n) is 2.51. The minimum Gasteiger partial charge on any atom is -0.480 e. The zero-order valence-corrected chi connectivity index (χ0v) is 12.8. The number of nitrogens with one attached hydrogen (secondary N) is 1. The lowest BCUT2D eigenvalue weighted by Gasteiger charge is -2.13. The maximum absolute atomic E-state index is 11.7. The van der Waals surface area contributed by atoms with E-state index >= 15 is 0 Å². The Hall–Kier alpha value is -1.14. The van der Waals surface area contributed by atoms with Gasteiger partial charge in [-0.1, -0.05) is 6.08 Å². The van der Waals surface area contributed by atoms with Gasteiger partial charge in [-0.05, 0) is 41.3 Å². The van der Waals surface area contributed by atoms with Crippen LogP contribution in [-0.2, 0) is 16.0 Å². The van der Waals surface area contributed by atoms with Crippen molar-refractivity contribution in [2.45, 2.75) is 31.7 Å². The van der Waals surface area contributed by atoms with Gasteiger partial charge < -0.3 is 10.4 Å². The molecule has 0 fully saturated rings. The average Bonchev–Trinajstić information content (AvgIpc) is 2.77. The van der Waals surface area contributed by atoms with E-state index in [4.69, 9.17) is 5.11 Å². The lowest BCUT2D eigenvalue weighted by Crippen LogP contribution is -2.40. The molecule has 0 saturated heterocycles. The molecule has 0 aliphatic carbocycles. The summed E-state index contributed by atoms with van der Waals surface area (Å²) in [4.78, 5) is 23.8. The molecule has 1 heterocycles. The number of aliphatic carboxylic acids is 1. The fraction of sp³-hybridized carbons (Fsp3) is 0.385. The van der Waals surface area contributed by atoms with Crippen molar-refractivity contribution in [3.63, 3.8) is 0 Å². The Morgan fingerprint density at radius 3 is 2.84 bits per heavy atom. The molecule has 2 N–H and O–H groups in total. The fourth-order valence-electron chi connectivity index (χ4n) is 1.53. The molecular weight excluding hydrogens is 330 g/mol. The topological polar surface area (TPSA) is 66.4 Å². The predicted molar refractivity (Wildman–Crippen MR) is 79.3 cm³/mol. The Bertz CT molecular complexity index is 458. The summed E-state index contributed by atoms with van der Waals surface area (Å²) >= 11 is 4.92. The highest BCUT2D eigenvalue weighted by molar-refractivity contribution is 9.10. The first-order valence-corrected chi connectivity index (χ1v) is 7.56. The van der Waals surface area contributed by atoms with E-state index in [0.29, 0.717) is 25.7 Å². The molecule has 104 valence electrons. The monoisotopic (exact) mass is 345 g/mol. The van der Waals surface area contributed by atoms with Gasteiger partial charge in [0, 0.05) is 21.2 Å². The van der Waals surface area contributed by atoms with Crippen LogP contribution in [0.4, 0.5) is 0 Å². The van der Waals surface area contributed by atoms with Crippen molar-refractivity contribution < 1.29 is 14.7 Å². The number of hydrogen-bond acceptors (Lipinski definition) is 3. The smallest absolute Gasteiger partial charge is 0.326 e. The van der Waals surface area contributed by atoms with E-state index in [1.54, 1.807) is 17.4 Å². The van der Waals surface area contributed by atoms with Crippen molar-refractivity contribution in [1.82, 2.24) is 5.32 Å². The summed E-state index contributed by atoms with van der Waals surface area (Å²) < 4.78 is 1.00. The minimum atomic E-state index is -1.01. The summed E-state index contributed by atoms with van der Waals surface area (Å²) in [5, 5.41) is 13.5. The van der Waals surface area contributed by atoms with Crippen LogP contribution < -0.4 is 5.32 Å². The molecule has 1 unspecified atom stereocenters. The number of carbonyl (C=O) groups excluding carboxylic acids is 1. The maximum Gasteiger partial charge on any atom is 0.326 e. The van der Waals surface area contributed by atoms with Crippen LogP contribution in [0.5, 0.6) is 0 Å². The Morgan fingerprint density at radius 2 is 2.32 bits per heavy atom. The van der Waals surface area contributed by atoms with Gasteiger partial charge in [0.2, 0.25) is 5.91 Å². The quantitative estimate of drug-likeness (QED) is 0.711. The summed E-state index contributed by atoms with van der Waals surface area (Å²) in [6, 6.07) is 1.13. The standard InChI is InChI=1S/C13H16BrNO3S/c1-2-3-4-11(13(17)18)15-12(16)6-5-10-7-9(14)8-19-10/h2,7-8,11H,1,3-6H2,(H,15,16)(H,17,18). The summed E-state index contributed by atoms with van der Waals surface area (Å²) in [6.45, 7) is 3.54. The van der Waals surface area contributed by atoms with Crippen LogP contribution in [-0.4, -0.2) is 23.0 Å². The first-order chi connectivity index (χ1) is 9.02. The van der Waals surface area contributed by atoms with Gasteiger partial charge in [-0.3, -0.25) is 4.79 Å². The van der Waals surface area contributed by atoms with Crippen molar-refractivity contribution >= 4 is 39.1 Å². The van der Waals surface area contributed by atoms with Crippen molar-refractivity contribution in [3.8, 4) is 0 Å². The maximum atomic E-state index is 11.7. The SMILES string of the molecule is C=CCCC(NC(=O)CCc1cc(Br)cs1)C(=O)O. The Morgan fingerprint density at radius 1 is 1.58 bits per heavy atom. The zero-order chi connectivity index (χ0) is 14.3. The fourth-order valence-corrected chi connectivity index (χ4v) is 2.99. The molecule has 1 aromatic rings. The van der Waals surface area contributed by atoms with E-state index in [9.17, 15) is 9.59 Å². The third-order valence-corrected chi connectivity index (χ3v) is 4.27. The van der Waals surface area contributed by atoms with E-state index in [0.717, 1.165) is 9.35 Å². The second-order valence-electron chi connectivity index (χ2n) is 4.06. The summed E-state index contributed by atoms with van der Waals surface area (Å²) in [6.07, 6.45) is 3.50. The van der Waals surface area contributed by atoms with Gasteiger partial charge in [0.1, 0.15) is 6.04 Å². The van der Waals surface area contributed by atoms with Crippen LogP contribution in [0.2, 0.25) is 0 Å². The van der Waals surface area contributed by atoms with Crippen LogP contribution in [0.1, 0.15) is 24.1 Å². The van der Waals surface area contributed by atoms with Gasteiger partial charge in [0.05, 0.1) is 0 Å². The summed E-state index contributed by atoms with van der Waals surface area (Å²) in [5.74, 6) is -1.24. The molecule has 0 aliphatic rings. The molecule has 0 aromatic carbocycles.